The van der Waals surface area contributed by atoms with Crippen LogP contribution in [0.4, 0.5) is 10.1 Å². The van der Waals surface area contributed by atoms with E-state index in [1.807, 2.05) is 0 Å². The molecule has 0 aromatic heterocycles. The maximum absolute atomic E-state index is 13.8. The van der Waals surface area contributed by atoms with Crippen LogP contribution in [-0.4, -0.2) is 42.9 Å². The predicted molar refractivity (Wildman–Crippen MR) is 90.3 cm³/mol. The lowest BCUT2D eigenvalue weighted by molar-refractivity contribution is -0.117. The van der Waals surface area contributed by atoms with Crippen molar-refractivity contribution in [1.29, 1.82) is 0 Å². The lowest BCUT2D eigenvalue weighted by Gasteiger charge is -2.24. The van der Waals surface area contributed by atoms with Crippen molar-refractivity contribution in [2.45, 2.75) is 44.2 Å². The standard InChI is InChI=1S/C18H24FN3O2/c1-22(2)18(24)13-10-12(7-8-14(13)19)20-17(23)16-9-11-5-3-4-6-15(11)21-16/h7-8,10-11,15-16,21H,3-6,9H2,1-2H3,(H,20,23)/t11-,15-,16+/m1/s1. The molecule has 24 heavy (non-hydrogen) atoms. The first kappa shape index (κ1) is 16.9. The fourth-order valence-electron chi connectivity index (χ4n) is 3.76. The summed E-state index contributed by atoms with van der Waals surface area (Å²) < 4.78 is 13.8. The third kappa shape index (κ3) is 3.43. The van der Waals surface area contributed by atoms with Crippen LogP contribution >= 0.6 is 0 Å². The summed E-state index contributed by atoms with van der Waals surface area (Å²) in [5.74, 6) is -0.543. The summed E-state index contributed by atoms with van der Waals surface area (Å²) in [7, 11) is 3.13. The third-order valence-corrected chi connectivity index (χ3v) is 5.05. The largest absolute Gasteiger partial charge is 0.345 e. The van der Waals surface area contributed by atoms with E-state index in [1.54, 1.807) is 14.1 Å². The first-order valence-corrected chi connectivity index (χ1v) is 8.54. The Labute approximate surface area is 141 Å². The SMILES string of the molecule is CN(C)C(=O)c1cc(NC(=O)[C@@H]2C[C@H]3CCCC[C@H]3N2)ccc1F. The van der Waals surface area contributed by atoms with Crippen molar-refractivity contribution in [1.82, 2.24) is 10.2 Å². The molecular weight excluding hydrogens is 309 g/mol. The van der Waals surface area contributed by atoms with Gasteiger partial charge >= 0.3 is 0 Å². The van der Waals surface area contributed by atoms with Gasteiger partial charge in [0, 0.05) is 25.8 Å². The molecule has 1 saturated heterocycles. The summed E-state index contributed by atoms with van der Waals surface area (Å²) in [6.45, 7) is 0. The lowest BCUT2D eigenvalue weighted by Crippen LogP contribution is -2.39. The number of halogens is 1. The highest BCUT2D eigenvalue weighted by Crippen LogP contribution is 2.33. The van der Waals surface area contributed by atoms with Gasteiger partial charge in [-0.3, -0.25) is 9.59 Å². The number of benzene rings is 1. The number of nitrogens with zero attached hydrogens (tertiary/aromatic N) is 1. The van der Waals surface area contributed by atoms with E-state index in [9.17, 15) is 14.0 Å². The number of rotatable bonds is 3. The molecule has 1 aliphatic carbocycles. The average Bonchev–Trinajstić information content (AvgIpc) is 3.00. The smallest absolute Gasteiger partial charge is 0.256 e. The number of carbonyl (C=O) groups is 2. The number of carbonyl (C=O) groups excluding carboxylic acids is 2. The number of hydrogen-bond donors (Lipinski definition) is 2. The highest BCUT2D eigenvalue weighted by Gasteiger charge is 2.38. The molecule has 5 nitrogen and oxygen atoms in total. The van der Waals surface area contributed by atoms with Crippen molar-refractivity contribution in [3.63, 3.8) is 0 Å². The minimum absolute atomic E-state index is 0.0362. The minimum atomic E-state index is -0.586. The molecule has 1 aromatic carbocycles. The number of anilines is 1. The summed E-state index contributed by atoms with van der Waals surface area (Å²) in [6.07, 6.45) is 5.62. The van der Waals surface area contributed by atoms with Crippen LogP contribution in [0.15, 0.2) is 18.2 Å². The normalized spacial score (nSPS) is 25.9. The van der Waals surface area contributed by atoms with Crippen LogP contribution in [0.5, 0.6) is 0 Å². The molecule has 130 valence electrons. The second kappa shape index (κ2) is 6.89. The molecule has 3 rings (SSSR count). The van der Waals surface area contributed by atoms with Crippen LogP contribution in [-0.2, 0) is 4.79 Å². The molecular formula is C18H24FN3O2. The molecule has 3 atom stereocenters. The Balaban J connectivity index is 1.68. The van der Waals surface area contributed by atoms with Gasteiger partial charge in [-0.2, -0.15) is 0 Å². The summed E-state index contributed by atoms with van der Waals surface area (Å²) in [6, 6.07) is 4.33. The van der Waals surface area contributed by atoms with Gasteiger partial charge in [0.15, 0.2) is 0 Å². The van der Waals surface area contributed by atoms with E-state index in [0.717, 1.165) is 12.8 Å². The molecule has 1 saturated carbocycles. The van der Waals surface area contributed by atoms with Gasteiger partial charge in [0.05, 0.1) is 11.6 Å². The van der Waals surface area contributed by atoms with E-state index in [4.69, 9.17) is 0 Å². The summed E-state index contributed by atoms with van der Waals surface area (Å²) in [5, 5.41) is 6.23. The molecule has 0 spiro atoms. The van der Waals surface area contributed by atoms with E-state index in [-0.39, 0.29) is 17.5 Å². The molecule has 0 unspecified atom stereocenters. The van der Waals surface area contributed by atoms with E-state index in [2.05, 4.69) is 10.6 Å². The molecule has 2 amide bonds. The molecule has 0 radical (unpaired) electrons. The van der Waals surface area contributed by atoms with Gasteiger partial charge in [-0.1, -0.05) is 12.8 Å². The molecule has 6 heteroatoms. The van der Waals surface area contributed by atoms with Crippen molar-refractivity contribution in [3.8, 4) is 0 Å². The Kier molecular flexibility index (Phi) is 4.85. The Hall–Kier alpha value is -1.95. The highest BCUT2D eigenvalue weighted by molar-refractivity contribution is 5.98. The summed E-state index contributed by atoms with van der Waals surface area (Å²) >= 11 is 0. The van der Waals surface area contributed by atoms with Gasteiger partial charge in [0.1, 0.15) is 5.82 Å². The van der Waals surface area contributed by atoms with Gasteiger partial charge in [-0.25, -0.2) is 4.39 Å². The Morgan fingerprint density at radius 3 is 2.71 bits per heavy atom. The second-order valence-electron chi connectivity index (χ2n) is 6.99. The van der Waals surface area contributed by atoms with E-state index in [1.165, 1.54) is 42.4 Å². The zero-order valence-electron chi connectivity index (χ0n) is 14.1. The first-order valence-electron chi connectivity index (χ1n) is 8.54. The van der Waals surface area contributed by atoms with Crippen molar-refractivity contribution in [2.75, 3.05) is 19.4 Å². The van der Waals surface area contributed by atoms with Gasteiger partial charge in [0.25, 0.3) is 5.91 Å². The zero-order chi connectivity index (χ0) is 17.3. The van der Waals surface area contributed by atoms with Gasteiger partial charge in [0.2, 0.25) is 5.91 Å². The van der Waals surface area contributed by atoms with Crippen molar-refractivity contribution in [3.05, 3.63) is 29.6 Å². The molecule has 2 aliphatic rings. The lowest BCUT2D eigenvalue weighted by atomic mass is 9.85. The van der Waals surface area contributed by atoms with Crippen molar-refractivity contribution >= 4 is 17.5 Å². The van der Waals surface area contributed by atoms with Crippen LogP contribution in [0.1, 0.15) is 42.5 Å². The van der Waals surface area contributed by atoms with E-state index in [0.29, 0.717) is 17.6 Å². The summed E-state index contributed by atoms with van der Waals surface area (Å²) in [4.78, 5) is 25.8. The maximum atomic E-state index is 13.8. The molecule has 2 fully saturated rings. The second-order valence-corrected chi connectivity index (χ2v) is 6.99. The van der Waals surface area contributed by atoms with Crippen LogP contribution < -0.4 is 10.6 Å². The number of amides is 2. The van der Waals surface area contributed by atoms with E-state index >= 15 is 0 Å². The fraction of sp³-hybridized carbons (Fsp3) is 0.556. The average molecular weight is 333 g/mol. The van der Waals surface area contributed by atoms with Crippen LogP contribution in [0, 0.1) is 11.7 Å². The monoisotopic (exact) mass is 333 g/mol. The Morgan fingerprint density at radius 2 is 2.00 bits per heavy atom. The van der Waals surface area contributed by atoms with Crippen molar-refractivity contribution in [2.24, 2.45) is 5.92 Å². The number of nitrogens with one attached hydrogen (secondary N) is 2. The molecule has 2 N–H and O–H groups in total. The fourth-order valence-corrected chi connectivity index (χ4v) is 3.76. The topological polar surface area (TPSA) is 61.4 Å². The first-order chi connectivity index (χ1) is 11.5. The minimum Gasteiger partial charge on any atom is -0.345 e. The van der Waals surface area contributed by atoms with Crippen LogP contribution in [0.3, 0.4) is 0 Å². The quantitative estimate of drug-likeness (QED) is 0.893. The predicted octanol–water partition coefficient (Wildman–Crippen LogP) is 2.39. The molecule has 1 aromatic rings. The summed E-state index contributed by atoms with van der Waals surface area (Å²) in [5.41, 5.74) is 0.411. The van der Waals surface area contributed by atoms with Crippen molar-refractivity contribution < 1.29 is 14.0 Å². The molecule has 1 aliphatic heterocycles. The van der Waals surface area contributed by atoms with Gasteiger partial charge in [-0.05, 0) is 43.4 Å². The number of fused-ring (bicyclic) bond motifs is 1. The van der Waals surface area contributed by atoms with Gasteiger partial charge < -0.3 is 15.5 Å². The molecule has 1 heterocycles. The number of hydrogen-bond acceptors (Lipinski definition) is 3. The van der Waals surface area contributed by atoms with Crippen LogP contribution in [0.2, 0.25) is 0 Å². The molecule has 0 bridgehead atoms. The van der Waals surface area contributed by atoms with Gasteiger partial charge in [-0.15, -0.1) is 0 Å². The van der Waals surface area contributed by atoms with E-state index < -0.39 is 11.7 Å². The highest BCUT2D eigenvalue weighted by atomic mass is 19.1. The zero-order valence-corrected chi connectivity index (χ0v) is 14.1. The van der Waals surface area contributed by atoms with Crippen LogP contribution in [0.25, 0.3) is 0 Å². The maximum Gasteiger partial charge on any atom is 0.256 e. The third-order valence-electron chi connectivity index (χ3n) is 5.05. The Morgan fingerprint density at radius 1 is 1.25 bits per heavy atom. The Bertz CT molecular complexity index is 633.